The average molecular weight is 437 g/mol. The number of halogens is 1. The predicted molar refractivity (Wildman–Crippen MR) is 124 cm³/mol. The molecule has 0 aliphatic carbocycles. The van der Waals surface area contributed by atoms with Crippen LogP contribution < -0.4 is 10.6 Å². The number of benzene rings is 1. The third-order valence-electron chi connectivity index (χ3n) is 5.92. The van der Waals surface area contributed by atoms with Gasteiger partial charge in [0.1, 0.15) is 5.82 Å². The van der Waals surface area contributed by atoms with E-state index in [0.717, 1.165) is 42.9 Å². The Bertz CT molecular complexity index is 1230. The van der Waals surface area contributed by atoms with Gasteiger partial charge in [0.2, 0.25) is 5.95 Å². The van der Waals surface area contributed by atoms with Crippen molar-refractivity contribution < 1.29 is 4.39 Å². The topological polar surface area (TPSA) is 90.2 Å². The normalized spacial score (nSPS) is 12.4. The summed E-state index contributed by atoms with van der Waals surface area (Å²) in [4.78, 5) is 11.4. The molecule has 4 aromatic rings. The van der Waals surface area contributed by atoms with Gasteiger partial charge in [0.15, 0.2) is 11.5 Å². The van der Waals surface area contributed by atoms with Gasteiger partial charge in [0, 0.05) is 43.4 Å². The van der Waals surface area contributed by atoms with Crippen LogP contribution in [0.15, 0.2) is 36.7 Å². The van der Waals surface area contributed by atoms with Crippen LogP contribution in [0.5, 0.6) is 0 Å². The molecule has 0 aliphatic heterocycles. The number of aryl methyl sites for hydroxylation is 3. The molecule has 32 heavy (non-hydrogen) atoms. The number of nitrogen functional groups attached to an aromatic ring is 1. The Balaban J connectivity index is 1.47. The fourth-order valence-corrected chi connectivity index (χ4v) is 3.84. The molecule has 0 fully saturated rings. The number of hydrogen-bond donors (Lipinski definition) is 1. The van der Waals surface area contributed by atoms with E-state index < -0.39 is 0 Å². The van der Waals surface area contributed by atoms with Crippen LogP contribution in [0.2, 0.25) is 0 Å². The first kappa shape index (κ1) is 21.7. The van der Waals surface area contributed by atoms with E-state index in [1.165, 1.54) is 12.1 Å². The fraction of sp³-hybridized carbons (Fsp3) is 0.391. The lowest BCUT2D eigenvalue weighted by Gasteiger charge is -2.25. The second-order valence-electron chi connectivity index (χ2n) is 8.12. The minimum Gasteiger partial charge on any atom is -0.369 e. The van der Waals surface area contributed by atoms with Gasteiger partial charge >= 0.3 is 0 Å². The van der Waals surface area contributed by atoms with Gasteiger partial charge in [-0.25, -0.2) is 14.4 Å². The zero-order chi connectivity index (χ0) is 22.8. The molecule has 168 valence electrons. The molecule has 9 heteroatoms. The summed E-state index contributed by atoms with van der Waals surface area (Å²) in [5.74, 6) is 0.654. The summed E-state index contributed by atoms with van der Waals surface area (Å²) in [6, 6.07) is 6.68. The highest BCUT2D eigenvalue weighted by Crippen LogP contribution is 2.26. The van der Waals surface area contributed by atoms with Crippen molar-refractivity contribution in [2.24, 2.45) is 0 Å². The van der Waals surface area contributed by atoms with Crippen molar-refractivity contribution in [3.05, 3.63) is 53.9 Å². The van der Waals surface area contributed by atoms with Crippen molar-refractivity contribution in [2.75, 3.05) is 17.7 Å². The van der Waals surface area contributed by atoms with Gasteiger partial charge in [0.05, 0.1) is 17.6 Å². The third kappa shape index (κ3) is 4.28. The lowest BCUT2D eigenvalue weighted by Crippen LogP contribution is -2.28. The number of nitrogens with two attached hydrogens (primary N) is 1. The van der Waals surface area contributed by atoms with Crippen LogP contribution in [0.25, 0.3) is 16.9 Å². The summed E-state index contributed by atoms with van der Waals surface area (Å²) in [5.41, 5.74) is 10.0. The van der Waals surface area contributed by atoms with Gasteiger partial charge in [-0.15, -0.1) is 5.10 Å². The Hall–Kier alpha value is -3.49. The zero-order valence-electron chi connectivity index (χ0n) is 19.0. The third-order valence-corrected chi connectivity index (χ3v) is 5.92. The van der Waals surface area contributed by atoms with Gasteiger partial charge < -0.3 is 10.6 Å². The minimum absolute atomic E-state index is 0.240. The largest absolute Gasteiger partial charge is 0.369 e. The molecule has 4 rings (SSSR count). The quantitative estimate of drug-likeness (QED) is 0.451. The molecule has 3 heterocycles. The Morgan fingerprint density at radius 1 is 1.25 bits per heavy atom. The monoisotopic (exact) mass is 436 g/mol. The predicted octanol–water partition coefficient (Wildman–Crippen LogP) is 3.89. The van der Waals surface area contributed by atoms with Crippen molar-refractivity contribution in [1.82, 2.24) is 29.4 Å². The average Bonchev–Trinajstić information content (AvgIpc) is 3.43. The molecule has 0 amide bonds. The summed E-state index contributed by atoms with van der Waals surface area (Å²) in [6.45, 7) is 7.05. The van der Waals surface area contributed by atoms with Gasteiger partial charge in [-0.05, 0) is 45.7 Å². The van der Waals surface area contributed by atoms with Crippen LogP contribution >= 0.6 is 0 Å². The zero-order valence-corrected chi connectivity index (χ0v) is 19.0. The summed E-state index contributed by atoms with van der Waals surface area (Å²) in [5, 5.41) is 8.91. The first-order valence-electron chi connectivity index (χ1n) is 10.9. The van der Waals surface area contributed by atoms with E-state index in [1.54, 1.807) is 10.6 Å². The van der Waals surface area contributed by atoms with Crippen molar-refractivity contribution in [1.29, 1.82) is 0 Å². The molecule has 0 bridgehead atoms. The van der Waals surface area contributed by atoms with E-state index in [9.17, 15) is 4.39 Å². The number of hydrogen-bond acceptors (Lipinski definition) is 6. The van der Waals surface area contributed by atoms with Gasteiger partial charge in [0.25, 0.3) is 0 Å². The minimum atomic E-state index is -0.314. The van der Waals surface area contributed by atoms with Crippen LogP contribution in [0.4, 0.5) is 16.0 Å². The molecule has 2 N–H and O–H groups in total. The highest BCUT2D eigenvalue weighted by atomic mass is 19.1. The Morgan fingerprint density at radius 3 is 2.78 bits per heavy atom. The molecule has 0 saturated heterocycles. The standard InChI is InChI=1S/C23H29FN8/c1-5-31-14-19(13-26-31)30(4)15(2)8-6-11-20-27-22-16(3)21(28-23(25)32(22)29-20)17-9-7-10-18(24)12-17/h7,9-10,12-15H,5-6,8,11H2,1-4H3,(H2,25,28)/t15-/m1/s1. The number of anilines is 2. The summed E-state index contributed by atoms with van der Waals surface area (Å²) >= 11 is 0. The number of aromatic nitrogens is 6. The molecule has 3 aromatic heterocycles. The molecule has 0 saturated carbocycles. The molecule has 0 radical (unpaired) electrons. The molecule has 1 aromatic carbocycles. The van der Waals surface area contributed by atoms with Crippen LogP contribution in [0.3, 0.4) is 0 Å². The molecular weight excluding hydrogens is 407 g/mol. The van der Waals surface area contributed by atoms with E-state index in [2.05, 4.69) is 47.2 Å². The molecular formula is C23H29FN8. The highest BCUT2D eigenvalue weighted by Gasteiger charge is 2.17. The van der Waals surface area contributed by atoms with Crippen molar-refractivity contribution in [3.63, 3.8) is 0 Å². The second kappa shape index (κ2) is 8.94. The second-order valence-corrected chi connectivity index (χ2v) is 8.12. The van der Waals surface area contributed by atoms with Crippen molar-refractivity contribution >= 4 is 17.3 Å². The maximum Gasteiger partial charge on any atom is 0.223 e. The van der Waals surface area contributed by atoms with Crippen LogP contribution in [-0.4, -0.2) is 42.5 Å². The van der Waals surface area contributed by atoms with E-state index in [-0.39, 0.29) is 11.8 Å². The smallest absolute Gasteiger partial charge is 0.223 e. The van der Waals surface area contributed by atoms with Gasteiger partial charge in [-0.2, -0.15) is 9.61 Å². The molecule has 8 nitrogen and oxygen atoms in total. The Morgan fingerprint density at radius 2 is 2.06 bits per heavy atom. The van der Waals surface area contributed by atoms with Crippen LogP contribution in [0.1, 0.15) is 38.1 Å². The fourth-order valence-electron chi connectivity index (χ4n) is 3.84. The maximum absolute atomic E-state index is 13.7. The van der Waals surface area contributed by atoms with Crippen molar-refractivity contribution in [3.8, 4) is 11.3 Å². The lowest BCUT2D eigenvalue weighted by molar-refractivity contribution is 0.586. The molecule has 0 spiro atoms. The maximum atomic E-state index is 13.7. The lowest BCUT2D eigenvalue weighted by atomic mass is 10.1. The molecule has 0 unspecified atom stereocenters. The molecule has 0 aliphatic rings. The summed E-state index contributed by atoms with van der Waals surface area (Å²) in [6.07, 6.45) is 6.63. The van der Waals surface area contributed by atoms with E-state index in [1.807, 2.05) is 23.9 Å². The highest BCUT2D eigenvalue weighted by molar-refractivity contribution is 5.71. The van der Waals surface area contributed by atoms with Crippen LogP contribution in [-0.2, 0) is 13.0 Å². The van der Waals surface area contributed by atoms with E-state index in [0.29, 0.717) is 22.9 Å². The SMILES string of the molecule is CCn1cc(N(C)[C@H](C)CCCc2nc3c(C)c(-c4cccc(F)c4)nc(N)n3n2)cn1. The van der Waals surface area contributed by atoms with Gasteiger partial charge in [-0.3, -0.25) is 4.68 Å². The first-order valence-corrected chi connectivity index (χ1v) is 10.9. The first-order chi connectivity index (χ1) is 15.4. The summed E-state index contributed by atoms with van der Waals surface area (Å²) < 4.78 is 17.2. The number of fused-ring (bicyclic) bond motifs is 1. The van der Waals surface area contributed by atoms with E-state index in [4.69, 9.17) is 10.7 Å². The number of rotatable bonds is 8. The number of nitrogens with zero attached hydrogens (tertiary/aromatic N) is 7. The van der Waals surface area contributed by atoms with Crippen LogP contribution in [0, 0.1) is 12.7 Å². The molecule has 1 atom stereocenters. The van der Waals surface area contributed by atoms with E-state index >= 15 is 0 Å². The Labute approximate surface area is 186 Å². The van der Waals surface area contributed by atoms with Crippen molar-refractivity contribution in [2.45, 2.75) is 52.6 Å². The summed E-state index contributed by atoms with van der Waals surface area (Å²) in [7, 11) is 2.09. The van der Waals surface area contributed by atoms with Gasteiger partial charge in [-0.1, -0.05) is 12.1 Å². The Kier molecular flexibility index (Phi) is 6.07.